The van der Waals surface area contributed by atoms with Crippen molar-refractivity contribution in [3.8, 4) is 5.75 Å². The van der Waals surface area contributed by atoms with Crippen molar-refractivity contribution in [2.24, 2.45) is 0 Å². The summed E-state index contributed by atoms with van der Waals surface area (Å²) < 4.78 is 30.2. The third kappa shape index (κ3) is 3.35. The van der Waals surface area contributed by atoms with Crippen molar-refractivity contribution in [1.29, 1.82) is 0 Å². The molecule has 2 unspecified atom stereocenters. The minimum absolute atomic E-state index is 0.132. The maximum atomic E-state index is 11.7. The van der Waals surface area contributed by atoms with Crippen molar-refractivity contribution >= 4 is 25.8 Å². The Morgan fingerprint density at radius 1 is 1.45 bits per heavy atom. The number of rotatable bonds is 5. The molecule has 0 bridgehead atoms. The molecule has 0 amide bonds. The summed E-state index contributed by atoms with van der Waals surface area (Å²) >= 11 is 3.51. The van der Waals surface area contributed by atoms with Gasteiger partial charge in [-0.15, -0.1) is 0 Å². The van der Waals surface area contributed by atoms with Gasteiger partial charge in [0.25, 0.3) is 0 Å². The summed E-state index contributed by atoms with van der Waals surface area (Å²) in [5.41, 5.74) is 2.25. The molecule has 20 heavy (non-hydrogen) atoms. The molecule has 2 rings (SSSR count). The van der Waals surface area contributed by atoms with Crippen LogP contribution in [0.3, 0.4) is 0 Å². The van der Waals surface area contributed by atoms with Gasteiger partial charge >= 0.3 is 0 Å². The van der Waals surface area contributed by atoms with Crippen LogP contribution in [0.4, 0.5) is 0 Å². The molecule has 1 aliphatic heterocycles. The lowest BCUT2D eigenvalue weighted by molar-refractivity contribution is 0.351. The number of halogens is 1. The van der Waals surface area contributed by atoms with E-state index in [2.05, 4.69) is 27.3 Å². The number of fused-ring (bicyclic) bond motifs is 1. The quantitative estimate of drug-likeness (QED) is 0.870. The largest absolute Gasteiger partial charge is 0.493 e. The van der Waals surface area contributed by atoms with Gasteiger partial charge in [-0.2, -0.15) is 0 Å². The maximum Gasteiger partial charge on any atom is 0.151 e. The Balaban J connectivity index is 2.29. The van der Waals surface area contributed by atoms with E-state index in [-0.39, 0.29) is 6.04 Å². The lowest BCUT2D eigenvalue weighted by atomic mass is 10.00. The normalized spacial score (nSPS) is 17.4. The fourth-order valence-electron chi connectivity index (χ4n) is 2.54. The predicted molar refractivity (Wildman–Crippen MR) is 84.2 cm³/mol. The van der Waals surface area contributed by atoms with E-state index in [1.807, 2.05) is 6.07 Å². The van der Waals surface area contributed by atoms with E-state index < -0.39 is 15.1 Å². The first-order valence-corrected chi connectivity index (χ1v) is 9.38. The molecule has 1 aromatic rings. The molecule has 0 fully saturated rings. The van der Waals surface area contributed by atoms with E-state index in [0.29, 0.717) is 13.0 Å². The summed E-state index contributed by atoms with van der Waals surface area (Å²) in [6.07, 6.45) is 2.82. The summed E-state index contributed by atoms with van der Waals surface area (Å²) in [6, 6.07) is 3.96. The average Bonchev–Trinajstić information content (AvgIpc) is 2.81. The number of benzene rings is 1. The van der Waals surface area contributed by atoms with Gasteiger partial charge in [0, 0.05) is 23.2 Å². The van der Waals surface area contributed by atoms with Gasteiger partial charge in [0.1, 0.15) is 5.75 Å². The van der Waals surface area contributed by atoms with Crippen molar-refractivity contribution in [2.45, 2.75) is 31.1 Å². The van der Waals surface area contributed by atoms with Crippen molar-refractivity contribution < 1.29 is 13.2 Å². The zero-order chi connectivity index (χ0) is 14.9. The van der Waals surface area contributed by atoms with Crippen molar-refractivity contribution in [3.63, 3.8) is 0 Å². The monoisotopic (exact) mass is 361 g/mol. The van der Waals surface area contributed by atoms with E-state index in [1.165, 1.54) is 11.8 Å². The third-order valence-corrected chi connectivity index (χ3v) is 6.02. The Morgan fingerprint density at radius 2 is 2.15 bits per heavy atom. The highest BCUT2D eigenvalue weighted by atomic mass is 79.9. The first-order chi connectivity index (χ1) is 9.32. The molecule has 0 radical (unpaired) electrons. The SMILES string of the molecule is CNC(Cc1cc(Br)cc2c1OCC2)C(C)S(C)(=O)=O. The third-order valence-electron chi connectivity index (χ3n) is 3.88. The van der Waals surface area contributed by atoms with Gasteiger partial charge in [-0.1, -0.05) is 15.9 Å². The zero-order valence-electron chi connectivity index (χ0n) is 11.9. The van der Waals surface area contributed by atoms with Gasteiger partial charge in [-0.25, -0.2) is 8.42 Å². The highest BCUT2D eigenvalue weighted by Gasteiger charge is 2.27. The van der Waals surface area contributed by atoms with Crippen molar-refractivity contribution in [1.82, 2.24) is 5.32 Å². The van der Waals surface area contributed by atoms with Crippen LogP contribution in [0.5, 0.6) is 5.75 Å². The first kappa shape index (κ1) is 15.8. The summed E-state index contributed by atoms with van der Waals surface area (Å²) in [5.74, 6) is 0.925. The molecule has 0 spiro atoms. The lowest BCUT2D eigenvalue weighted by Gasteiger charge is -2.23. The smallest absolute Gasteiger partial charge is 0.151 e. The summed E-state index contributed by atoms with van der Waals surface area (Å²) in [7, 11) is -1.28. The second-order valence-corrected chi connectivity index (χ2v) is 8.60. The van der Waals surface area contributed by atoms with Crippen LogP contribution in [-0.2, 0) is 22.7 Å². The van der Waals surface area contributed by atoms with Crippen LogP contribution < -0.4 is 10.1 Å². The summed E-state index contributed by atoms with van der Waals surface area (Å²) in [5, 5.41) is 2.68. The molecule has 0 saturated heterocycles. The number of hydrogen-bond donors (Lipinski definition) is 1. The Hall–Kier alpha value is -0.590. The molecule has 2 atom stereocenters. The minimum Gasteiger partial charge on any atom is -0.493 e. The zero-order valence-corrected chi connectivity index (χ0v) is 14.3. The highest BCUT2D eigenvalue weighted by molar-refractivity contribution is 9.10. The Labute approximate surface area is 129 Å². The molecule has 112 valence electrons. The van der Waals surface area contributed by atoms with E-state index in [9.17, 15) is 8.42 Å². The summed E-state index contributed by atoms with van der Waals surface area (Å²) in [6.45, 7) is 2.44. The molecule has 1 heterocycles. The molecule has 0 aromatic heterocycles. The Bertz CT molecular complexity index is 601. The van der Waals surface area contributed by atoms with E-state index in [4.69, 9.17) is 4.74 Å². The van der Waals surface area contributed by atoms with Crippen LogP contribution in [0.25, 0.3) is 0 Å². The Kier molecular flexibility index (Phi) is 4.76. The first-order valence-electron chi connectivity index (χ1n) is 6.63. The number of hydrogen-bond acceptors (Lipinski definition) is 4. The van der Waals surface area contributed by atoms with E-state index >= 15 is 0 Å². The second kappa shape index (κ2) is 6.03. The van der Waals surface area contributed by atoms with E-state index in [1.54, 1.807) is 14.0 Å². The minimum atomic E-state index is -3.07. The average molecular weight is 362 g/mol. The standard InChI is InChI=1S/C14H20BrNO3S/c1-9(20(3,17)18)13(16-2)8-11-7-12(15)6-10-4-5-19-14(10)11/h6-7,9,13,16H,4-5,8H2,1-3H3. The van der Waals surface area contributed by atoms with Crippen LogP contribution in [0.1, 0.15) is 18.1 Å². The fourth-order valence-corrected chi connectivity index (χ4v) is 3.92. The Morgan fingerprint density at radius 3 is 2.75 bits per heavy atom. The molecule has 6 heteroatoms. The number of sulfone groups is 1. The predicted octanol–water partition coefficient (Wildman–Crippen LogP) is 1.95. The highest BCUT2D eigenvalue weighted by Crippen LogP contribution is 2.34. The van der Waals surface area contributed by atoms with E-state index in [0.717, 1.165) is 22.2 Å². The van der Waals surface area contributed by atoms with Crippen LogP contribution in [0.15, 0.2) is 16.6 Å². The van der Waals surface area contributed by atoms with Crippen molar-refractivity contribution in [2.75, 3.05) is 19.9 Å². The molecule has 1 aromatic carbocycles. The van der Waals surface area contributed by atoms with Crippen LogP contribution in [-0.4, -0.2) is 39.6 Å². The molecule has 1 N–H and O–H groups in total. The topological polar surface area (TPSA) is 55.4 Å². The van der Waals surface area contributed by atoms with Gasteiger partial charge < -0.3 is 10.1 Å². The van der Waals surface area contributed by atoms with Gasteiger partial charge in [0.15, 0.2) is 9.84 Å². The molecular formula is C14H20BrNO3S. The lowest BCUT2D eigenvalue weighted by Crippen LogP contribution is -2.42. The van der Waals surface area contributed by atoms with Gasteiger partial charge in [0.2, 0.25) is 0 Å². The number of likely N-dealkylation sites (N-methyl/N-ethyl adjacent to an activating group) is 1. The molecule has 1 aliphatic rings. The van der Waals surface area contributed by atoms with Crippen molar-refractivity contribution in [3.05, 3.63) is 27.7 Å². The molecular weight excluding hydrogens is 342 g/mol. The maximum absolute atomic E-state index is 11.7. The van der Waals surface area contributed by atoms with Gasteiger partial charge in [-0.3, -0.25) is 0 Å². The van der Waals surface area contributed by atoms with Gasteiger partial charge in [-0.05, 0) is 43.7 Å². The van der Waals surface area contributed by atoms with Crippen LogP contribution in [0, 0.1) is 0 Å². The van der Waals surface area contributed by atoms with Crippen LogP contribution >= 0.6 is 15.9 Å². The number of nitrogens with one attached hydrogen (secondary N) is 1. The molecule has 4 nitrogen and oxygen atoms in total. The molecule has 0 saturated carbocycles. The fraction of sp³-hybridized carbons (Fsp3) is 0.571. The summed E-state index contributed by atoms with van der Waals surface area (Å²) in [4.78, 5) is 0. The van der Waals surface area contributed by atoms with Crippen LogP contribution in [0.2, 0.25) is 0 Å². The van der Waals surface area contributed by atoms with Gasteiger partial charge in [0.05, 0.1) is 11.9 Å². The molecule has 0 aliphatic carbocycles. The second-order valence-electron chi connectivity index (χ2n) is 5.29. The number of ether oxygens (including phenoxy) is 1.